The molecule has 0 fully saturated rings. The fourth-order valence-electron chi connectivity index (χ4n) is 3.24. The Bertz CT molecular complexity index is 971. The van der Waals surface area contributed by atoms with Crippen LogP contribution >= 0.6 is 12.2 Å². The van der Waals surface area contributed by atoms with Gasteiger partial charge in [0.1, 0.15) is 0 Å². The first-order chi connectivity index (χ1) is 13.0. The Morgan fingerprint density at radius 3 is 2.74 bits per heavy atom. The molecule has 0 bridgehead atoms. The molecule has 0 saturated heterocycles. The Balaban J connectivity index is 1.69. The Labute approximate surface area is 162 Å². The monoisotopic (exact) mass is 381 g/mol. The Morgan fingerprint density at radius 2 is 1.93 bits per heavy atom. The molecule has 2 aromatic rings. The number of amides is 1. The lowest BCUT2D eigenvalue weighted by atomic mass is 9.94. The number of para-hydroxylation sites is 1. The maximum atomic E-state index is 13.1. The van der Waals surface area contributed by atoms with E-state index in [1.165, 1.54) is 0 Å². The summed E-state index contributed by atoms with van der Waals surface area (Å²) in [5.74, 6) is 1.17. The van der Waals surface area contributed by atoms with Crippen LogP contribution in [0.25, 0.3) is 0 Å². The third kappa shape index (κ3) is 3.33. The van der Waals surface area contributed by atoms with Gasteiger partial charge < -0.3 is 25.4 Å². The van der Waals surface area contributed by atoms with E-state index in [4.69, 9.17) is 21.7 Å². The van der Waals surface area contributed by atoms with Crippen LogP contribution in [0.3, 0.4) is 0 Å². The van der Waals surface area contributed by atoms with E-state index in [9.17, 15) is 4.79 Å². The molecule has 0 aliphatic carbocycles. The highest BCUT2D eigenvalue weighted by Gasteiger charge is 2.31. The van der Waals surface area contributed by atoms with Crippen LogP contribution in [0.15, 0.2) is 53.7 Å². The number of rotatable bonds is 3. The fourth-order valence-corrected chi connectivity index (χ4v) is 3.51. The number of fused-ring (bicyclic) bond motifs is 1. The highest BCUT2D eigenvalue weighted by Crippen LogP contribution is 2.37. The normalized spacial score (nSPS) is 18.0. The highest BCUT2D eigenvalue weighted by atomic mass is 32.1. The molecule has 3 N–H and O–H groups in total. The van der Waals surface area contributed by atoms with Gasteiger partial charge in [0, 0.05) is 11.4 Å². The number of hydrogen-bond acceptors (Lipinski definition) is 4. The molecule has 2 aromatic carbocycles. The minimum atomic E-state index is -0.391. The van der Waals surface area contributed by atoms with Gasteiger partial charge >= 0.3 is 0 Å². The highest BCUT2D eigenvalue weighted by molar-refractivity contribution is 7.80. The minimum Gasteiger partial charge on any atom is -0.454 e. The lowest BCUT2D eigenvalue weighted by molar-refractivity contribution is -0.113. The largest absolute Gasteiger partial charge is 0.454 e. The third-order valence-electron chi connectivity index (χ3n) is 4.64. The van der Waals surface area contributed by atoms with E-state index in [1.807, 2.05) is 56.3 Å². The minimum absolute atomic E-state index is 0.188. The summed E-state index contributed by atoms with van der Waals surface area (Å²) >= 11 is 5.31. The number of carbonyl (C=O) groups excluding carboxylic acids is 1. The molecular formula is C20H19N3O3S. The summed E-state index contributed by atoms with van der Waals surface area (Å²) in [4.78, 5) is 13.1. The second-order valence-electron chi connectivity index (χ2n) is 6.45. The van der Waals surface area contributed by atoms with E-state index < -0.39 is 6.04 Å². The van der Waals surface area contributed by atoms with Crippen molar-refractivity contribution >= 4 is 28.9 Å². The van der Waals surface area contributed by atoms with Crippen molar-refractivity contribution < 1.29 is 14.3 Å². The lowest BCUT2D eigenvalue weighted by Gasteiger charge is -2.30. The molecule has 0 saturated carbocycles. The summed E-state index contributed by atoms with van der Waals surface area (Å²) in [7, 11) is 0. The van der Waals surface area contributed by atoms with Gasteiger partial charge in [0.2, 0.25) is 6.79 Å². The van der Waals surface area contributed by atoms with Crippen LogP contribution in [-0.2, 0) is 4.79 Å². The van der Waals surface area contributed by atoms with E-state index >= 15 is 0 Å². The number of hydrogen-bond donors (Lipinski definition) is 3. The predicted molar refractivity (Wildman–Crippen MR) is 107 cm³/mol. The number of aryl methyl sites for hydroxylation is 1. The smallest absolute Gasteiger partial charge is 0.255 e. The van der Waals surface area contributed by atoms with Crippen molar-refractivity contribution in [1.82, 2.24) is 10.6 Å². The molecule has 27 heavy (non-hydrogen) atoms. The molecule has 7 heteroatoms. The van der Waals surface area contributed by atoms with Gasteiger partial charge in [0.15, 0.2) is 16.6 Å². The Morgan fingerprint density at radius 1 is 1.15 bits per heavy atom. The molecule has 4 rings (SSSR count). The number of thiocarbonyl (C=S) groups is 1. The molecule has 1 amide bonds. The second-order valence-corrected chi connectivity index (χ2v) is 6.86. The van der Waals surface area contributed by atoms with Gasteiger partial charge in [-0.3, -0.25) is 4.79 Å². The van der Waals surface area contributed by atoms with Crippen LogP contribution < -0.4 is 25.4 Å². The van der Waals surface area contributed by atoms with Gasteiger partial charge in [-0.2, -0.15) is 0 Å². The second kappa shape index (κ2) is 6.92. The van der Waals surface area contributed by atoms with Crippen molar-refractivity contribution in [3.8, 4) is 11.5 Å². The molecule has 2 aliphatic heterocycles. The van der Waals surface area contributed by atoms with E-state index in [-0.39, 0.29) is 12.7 Å². The van der Waals surface area contributed by atoms with E-state index in [0.717, 1.165) is 16.8 Å². The molecular weight excluding hydrogens is 362 g/mol. The molecule has 2 aliphatic rings. The summed E-state index contributed by atoms with van der Waals surface area (Å²) in [5, 5.41) is 9.71. The maximum Gasteiger partial charge on any atom is 0.255 e. The molecule has 0 aromatic heterocycles. The van der Waals surface area contributed by atoms with Gasteiger partial charge in [-0.05, 0) is 55.4 Å². The number of nitrogens with one attached hydrogen (secondary N) is 3. The number of anilines is 1. The molecule has 138 valence electrons. The topological polar surface area (TPSA) is 71.6 Å². The molecule has 2 heterocycles. The SMILES string of the molecule is CC1=C(C(=O)Nc2ccccc2C)C(c2ccc3c(c2)OCO3)NC(=S)N1. The van der Waals surface area contributed by atoms with Crippen molar-refractivity contribution in [2.24, 2.45) is 0 Å². The zero-order valence-electron chi connectivity index (χ0n) is 15.0. The first-order valence-electron chi connectivity index (χ1n) is 8.58. The van der Waals surface area contributed by atoms with Crippen LogP contribution in [0.1, 0.15) is 24.1 Å². The van der Waals surface area contributed by atoms with E-state index in [1.54, 1.807) is 0 Å². The average Bonchev–Trinajstić information content (AvgIpc) is 3.10. The van der Waals surface area contributed by atoms with Crippen LogP contribution in [-0.4, -0.2) is 17.8 Å². The molecule has 1 atom stereocenters. The fraction of sp³-hybridized carbons (Fsp3) is 0.200. The van der Waals surface area contributed by atoms with Crippen LogP contribution in [0.2, 0.25) is 0 Å². The van der Waals surface area contributed by atoms with Crippen molar-refractivity contribution in [2.75, 3.05) is 12.1 Å². The maximum absolute atomic E-state index is 13.1. The number of carbonyl (C=O) groups is 1. The average molecular weight is 381 g/mol. The van der Waals surface area contributed by atoms with Crippen LogP contribution in [0, 0.1) is 6.92 Å². The summed E-state index contributed by atoms with van der Waals surface area (Å²) in [5.41, 5.74) is 3.94. The first-order valence-corrected chi connectivity index (χ1v) is 8.98. The molecule has 0 radical (unpaired) electrons. The van der Waals surface area contributed by atoms with Gasteiger partial charge in [0.25, 0.3) is 5.91 Å². The third-order valence-corrected chi connectivity index (χ3v) is 4.86. The van der Waals surface area contributed by atoms with Crippen LogP contribution in [0.5, 0.6) is 11.5 Å². The quantitative estimate of drug-likeness (QED) is 0.710. The number of ether oxygens (including phenoxy) is 2. The van der Waals surface area contributed by atoms with Crippen molar-refractivity contribution in [2.45, 2.75) is 19.9 Å². The summed E-state index contributed by atoms with van der Waals surface area (Å²) < 4.78 is 10.9. The summed E-state index contributed by atoms with van der Waals surface area (Å²) in [6, 6.07) is 12.9. The van der Waals surface area contributed by atoms with E-state index in [2.05, 4.69) is 16.0 Å². The summed E-state index contributed by atoms with van der Waals surface area (Å²) in [6.45, 7) is 4.00. The van der Waals surface area contributed by atoms with Crippen molar-refractivity contribution in [3.05, 3.63) is 64.9 Å². The van der Waals surface area contributed by atoms with Gasteiger partial charge in [0.05, 0.1) is 11.6 Å². The van der Waals surface area contributed by atoms with Gasteiger partial charge in [-0.25, -0.2) is 0 Å². The molecule has 6 nitrogen and oxygen atoms in total. The van der Waals surface area contributed by atoms with Crippen molar-refractivity contribution in [3.63, 3.8) is 0 Å². The Kier molecular flexibility index (Phi) is 4.45. The zero-order valence-corrected chi connectivity index (χ0v) is 15.8. The zero-order chi connectivity index (χ0) is 19.0. The molecule has 0 spiro atoms. The first kappa shape index (κ1) is 17.4. The number of allylic oxidation sites excluding steroid dienone is 1. The lowest BCUT2D eigenvalue weighted by Crippen LogP contribution is -2.45. The van der Waals surface area contributed by atoms with Gasteiger partial charge in [-0.15, -0.1) is 0 Å². The Hall–Kier alpha value is -3.06. The van der Waals surface area contributed by atoms with Crippen LogP contribution in [0.4, 0.5) is 5.69 Å². The summed E-state index contributed by atoms with van der Waals surface area (Å²) in [6.07, 6.45) is 0. The number of benzene rings is 2. The standard InChI is InChI=1S/C20H19N3O3S/c1-11-5-3-4-6-14(11)22-19(24)17-12(2)21-20(27)23-18(17)13-7-8-15-16(9-13)26-10-25-15/h3-9,18H,10H2,1-2H3,(H,22,24)(H2,21,23,27). The predicted octanol–water partition coefficient (Wildman–Crippen LogP) is 3.16. The van der Waals surface area contributed by atoms with E-state index in [0.29, 0.717) is 27.9 Å². The van der Waals surface area contributed by atoms with Crippen molar-refractivity contribution in [1.29, 1.82) is 0 Å². The molecule has 1 unspecified atom stereocenters. The van der Waals surface area contributed by atoms with Gasteiger partial charge in [-0.1, -0.05) is 24.3 Å².